The van der Waals surface area contributed by atoms with E-state index in [2.05, 4.69) is 39.5 Å². The first kappa shape index (κ1) is 28.1. The first-order valence-corrected chi connectivity index (χ1v) is 13.4. The van der Waals surface area contributed by atoms with Gasteiger partial charge in [0.15, 0.2) is 0 Å². The van der Waals surface area contributed by atoms with Crippen molar-refractivity contribution >= 4 is 40.8 Å². The first-order valence-electron chi connectivity index (χ1n) is 12.6. The number of amides is 1. The quantitative estimate of drug-likeness (QED) is 0.210. The van der Waals surface area contributed by atoms with Gasteiger partial charge in [-0.1, -0.05) is 59.6 Å². The molecule has 1 aromatic heterocycles. The van der Waals surface area contributed by atoms with E-state index in [1.165, 1.54) is 0 Å². The van der Waals surface area contributed by atoms with Gasteiger partial charge in [-0.25, -0.2) is 0 Å². The Kier molecular flexibility index (Phi) is 9.58. The molecule has 6 nitrogen and oxygen atoms in total. The predicted octanol–water partition coefficient (Wildman–Crippen LogP) is 7.04. The maximum Gasteiger partial charge on any atom is 0.307 e. The number of rotatable bonds is 10. The van der Waals surface area contributed by atoms with Gasteiger partial charge in [0.25, 0.3) is 5.91 Å². The smallest absolute Gasteiger partial charge is 0.307 e. The van der Waals surface area contributed by atoms with Crippen LogP contribution >= 0.6 is 23.2 Å². The number of hydrogen-bond donors (Lipinski definition) is 1. The molecule has 0 radical (unpaired) electrons. The Hall–Kier alpha value is -3.87. The second-order valence-corrected chi connectivity index (χ2v) is 9.83. The third-order valence-corrected chi connectivity index (χ3v) is 6.68. The summed E-state index contributed by atoms with van der Waals surface area (Å²) in [7, 11) is 2.04. The number of halogens is 2. The first-order chi connectivity index (χ1) is 18.8. The minimum absolute atomic E-state index is 0.112. The van der Waals surface area contributed by atoms with Crippen molar-refractivity contribution in [1.82, 2.24) is 10.3 Å². The molecule has 0 aliphatic rings. The Bertz CT molecular complexity index is 1420. The summed E-state index contributed by atoms with van der Waals surface area (Å²) < 4.78 is 4.87. The molecule has 0 saturated heterocycles. The van der Waals surface area contributed by atoms with Crippen molar-refractivity contribution < 1.29 is 14.3 Å². The minimum atomic E-state index is -0.350. The maximum absolute atomic E-state index is 12.4. The van der Waals surface area contributed by atoms with Crippen molar-refractivity contribution in [3.8, 4) is 22.3 Å². The molecular formula is C31H29Cl2N3O3. The molecule has 3 aromatic carbocycles. The molecule has 1 heterocycles. The molecule has 4 aromatic rings. The summed E-state index contributed by atoms with van der Waals surface area (Å²) in [5, 5.41) is 4.02. The number of carbonyl (C=O) groups is 2. The van der Waals surface area contributed by atoms with Gasteiger partial charge in [0.05, 0.1) is 13.0 Å². The maximum atomic E-state index is 12.4. The largest absolute Gasteiger partial charge is 0.466 e. The summed E-state index contributed by atoms with van der Waals surface area (Å²) in [6, 6.07) is 25.5. The van der Waals surface area contributed by atoms with Gasteiger partial charge >= 0.3 is 5.97 Å². The van der Waals surface area contributed by atoms with E-state index < -0.39 is 0 Å². The summed E-state index contributed by atoms with van der Waals surface area (Å²) in [6.45, 7) is 2.88. The number of anilines is 1. The molecule has 0 unspecified atom stereocenters. The Morgan fingerprint density at radius 2 is 1.51 bits per heavy atom. The van der Waals surface area contributed by atoms with Crippen LogP contribution in [0.2, 0.25) is 10.0 Å². The highest BCUT2D eigenvalue weighted by Gasteiger charge is 2.13. The highest BCUT2D eigenvalue weighted by molar-refractivity contribution is 6.31. The van der Waals surface area contributed by atoms with E-state index in [-0.39, 0.29) is 30.5 Å². The molecule has 0 aliphatic heterocycles. The highest BCUT2D eigenvalue weighted by atomic mass is 35.5. The number of esters is 1. The van der Waals surface area contributed by atoms with Crippen LogP contribution in [0.1, 0.15) is 29.4 Å². The van der Waals surface area contributed by atoms with Crippen LogP contribution < -0.4 is 10.2 Å². The number of benzene rings is 3. The van der Waals surface area contributed by atoms with E-state index in [0.717, 1.165) is 33.5 Å². The number of nitrogens with zero attached hydrogens (tertiary/aromatic N) is 2. The van der Waals surface area contributed by atoms with Crippen molar-refractivity contribution in [2.75, 3.05) is 25.1 Å². The number of nitrogens with one attached hydrogen (secondary N) is 1. The van der Waals surface area contributed by atoms with Crippen LogP contribution in [0.4, 0.5) is 5.69 Å². The molecule has 1 amide bonds. The molecule has 0 bridgehead atoms. The zero-order valence-corrected chi connectivity index (χ0v) is 23.3. The van der Waals surface area contributed by atoms with Gasteiger partial charge in [-0.15, -0.1) is 0 Å². The van der Waals surface area contributed by atoms with Crippen LogP contribution in [0.3, 0.4) is 0 Å². The monoisotopic (exact) mass is 561 g/mol. The Labute approximate surface area is 238 Å². The SMILES string of the molecule is CCOC(=O)CCNC(=O)c1ccc(-c2cc(Cl)ccc2CN(C)c2ccc(-c3ccc(Cl)cc3)cc2)cn1. The standard InChI is InChI=1S/C31H29Cl2N3O3/c1-3-39-30(37)16-17-34-31(38)29-15-9-23(19-35-29)28-18-26(33)12-6-24(28)20-36(2)27-13-7-22(8-14-27)21-4-10-25(32)11-5-21/h4-15,18-19H,3,16-17,20H2,1-2H3,(H,34,38). The number of carbonyl (C=O) groups excluding carboxylic acids is 2. The molecule has 0 fully saturated rings. The molecule has 39 heavy (non-hydrogen) atoms. The summed E-state index contributed by atoms with van der Waals surface area (Å²) in [4.78, 5) is 30.4. The van der Waals surface area contributed by atoms with E-state index in [0.29, 0.717) is 23.2 Å². The van der Waals surface area contributed by atoms with Gasteiger partial charge < -0.3 is 15.0 Å². The number of pyridine rings is 1. The molecule has 0 atom stereocenters. The molecule has 8 heteroatoms. The molecule has 4 rings (SSSR count). The van der Waals surface area contributed by atoms with Crippen LogP contribution in [0.5, 0.6) is 0 Å². The highest BCUT2D eigenvalue weighted by Crippen LogP contribution is 2.30. The van der Waals surface area contributed by atoms with E-state index in [1.54, 1.807) is 19.2 Å². The molecule has 1 N–H and O–H groups in total. The average molecular weight is 562 g/mol. The fraction of sp³-hybridized carbons (Fsp3) is 0.194. The van der Waals surface area contributed by atoms with E-state index in [4.69, 9.17) is 27.9 Å². The summed E-state index contributed by atoms with van der Waals surface area (Å²) >= 11 is 12.4. The van der Waals surface area contributed by atoms with Crippen LogP contribution in [0, 0.1) is 0 Å². The predicted molar refractivity (Wildman–Crippen MR) is 157 cm³/mol. The molecule has 0 saturated carbocycles. The van der Waals surface area contributed by atoms with Gasteiger partial charge in [0, 0.05) is 47.6 Å². The van der Waals surface area contributed by atoms with Gasteiger partial charge in [-0.05, 0) is 71.6 Å². The second-order valence-electron chi connectivity index (χ2n) is 8.95. The lowest BCUT2D eigenvalue weighted by Crippen LogP contribution is -2.27. The van der Waals surface area contributed by atoms with E-state index in [9.17, 15) is 9.59 Å². The Balaban J connectivity index is 1.45. The van der Waals surface area contributed by atoms with Crippen LogP contribution in [0.15, 0.2) is 85.1 Å². The fourth-order valence-electron chi connectivity index (χ4n) is 4.14. The van der Waals surface area contributed by atoms with Crippen molar-refractivity contribution in [3.63, 3.8) is 0 Å². The zero-order valence-electron chi connectivity index (χ0n) is 21.8. The van der Waals surface area contributed by atoms with Crippen molar-refractivity contribution in [2.45, 2.75) is 19.9 Å². The summed E-state index contributed by atoms with van der Waals surface area (Å²) in [6.07, 6.45) is 1.78. The fourth-order valence-corrected chi connectivity index (χ4v) is 4.44. The minimum Gasteiger partial charge on any atom is -0.466 e. The van der Waals surface area contributed by atoms with Crippen LogP contribution in [0.25, 0.3) is 22.3 Å². The van der Waals surface area contributed by atoms with Gasteiger partial charge in [-0.2, -0.15) is 0 Å². The molecule has 200 valence electrons. The third kappa shape index (κ3) is 7.59. The number of hydrogen-bond acceptors (Lipinski definition) is 5. The van der Waals surface area contributed by atoms with Crippen molar-refractivity contribution in [3.05, 3.63) is 106 Å². The lowest BCUT2D eigenvalue weighted by atomic mass is 10.00. The summed E-state index contributed by atoms with van der Waals surface area (Å²) in [5.74, 6) is -0.698. The Morgan fingerprint density at radius 3 is 2.15 bits per heavy atom. The van der Waals surface area contributed by atoms with Crippen LogP contribution in [-0.2, 0) is 16.1 Å². The number of ether oxygens (including phenoxy) is 1. The van der Waals surface area contributed by atoms with Gasteiger partial charge in [0.1, 0.15) is 5.69 Å². The van der Waals surface area contributed by atoms with Crippen molar-refractivity contribution in [1.29, 1.82) is 0 Å². The van der Waals surface area contributed by atoms with Gasteiger partial charge in [0.2, 0.25) is 0 Å². The zero-order chi connectivity index (χ0) is 27.8. The third-order valence-electron chi connectivity index (χ3n) is 6.19. The van der Waals surface area contributed by atoms with Crippen molar-refractivity contribution in [2.24, 2.45) is 0 Å². The van der Waals surface area contributed by atoms with E-state index >= 15 is 0 Å². The molecule has 0 spiro atoms. The van der Waals surface area contributed by atoms with E-state index in [1.807, 2.05) is 55.6 Å². The Morgan fingerprint density at radius 1 is 0.872 bits per heavy atom. The molecular weight excluding hydrogens is 533 g/mol. The average Bonchev–Trinajstić information content (AvgIpc) is 2.94. The second kappa shape index (κ2) is 13.3. The summed E-state index contributed by atoms with van der Waals surface area (Å²) in [5.41, 5.74) is 6.42. The van der Waals surface area contributed by atoms with Crippen LogP contribution in [-0.4, -0.2) is 37.1 Å². The lowest BCUT2D eigenvalue weighted by Gasteiger charge is -2.22. The topological polar surface area (TPSA) is 71.5 Å². The molecule has 0 aliphatic carbocycles. The van der Waals surface area contributed by atoms with Gasteiger partial charge in [-0.3, -0.25) is 14.6 Å². The normalized spacial score (nSPS) is 10.7. The lowest BCUT2D eigenvalue weighted by molar-refractivity contribution is -0.142. The number of aromatic nitrogens is 1.